The van der Waals surface area contributed by atoms with Crippen LogP contribution in [0.3, 0.4) is 0 Å². The lowest BCUT2D eigenvalue weighted by Crippen LogP contribution is -2.24. The van der Waals surface area contributed by atoms with Crippen LogP contribution in [0, 0.1) is 6.92 Å². The third-order valence-corrected chi connectivity index (χ3v) is 6.17. The molecule has 1 N–H and O–H groups in total. The number of hydrogen-bond donors (Lipinski definition) is 1. The second-order valence-corrected chi connectivity index (χ2v) is 8.97. The van der Waals surface area contributed by atoms with Crippen molar-refractivity contribution >= 4 is 16.9 Å². The van der Waals surface area contributed by atoms with E-state index >= 15 is 0 Å². The van der Waals surface area contributed by atoms with Crippen molar-refractivity contribution in [1.29, 1.82) is 0 Å². The van der Waals surface area contributed by atoms with Gasteiger partial charge >= 0.3 is 0 Å². The minimum absolute atomic E-state index is 0.00114. The van der Waals surface area contributed by atoms with Crippen molar-refractivity contribution in [1.82, 2.24) is 14.9 Å². The van der Waals surface area contributed by atoms with Gasteiger partial charge in [-0.15, -0.1) is 0 Å². The van der Waals surface area contributed by atoms with Crippen molar-refractivity contribution < 1.29 is 9.53 Å². The molecule has 0 unspecified atom stereocenters. The molecule has 0 radical (unpaired) electrons. The van der Waals surface area contributed by atoms with Gasteiger partial charge in [0.15, 0.2) is 0 Å². The van der Waals surface area contributed by atoms with Crippen molar-refractivity contribution in [3.63, 3.8) is 0 Å². The van der Waals surface area contributed by atoms with E-state index in [4.69, 9.17) is 9.72 Å². The normalized spacial score (nSPS) is 11.0. The van der Waals surface area contributed by atoms with Crippen molar-refractivity contribution in [2.24, 2.45) is 0 Å². The van der Waals surface area contributed by atoms with Gasteiger partial charge in [-0.1, -0.05) is 48.9 Å². The van der Waals surface area contributed by atoms with Gasteiger partial charge in [0.25, 0.3) is 5.91 Å². The fraction of sp³-hybridized carbons (Fsp3) is 0.333. The molecular formula is C30H35N3O2. The lowest BCUT2D eigenvalue weighted by molar-refractivity contribution is 0.0953. The van der Waals surface area contributed by atoms with Crippen molar-refractivity contribution in [2.75, 3.05) is 13.2 Å². The van der Waals surface area contributed by atoms with E-state index in [1.165, 1.54) is 11.1 Å². The largest absolute Gasteiger partial charge is 0.494 e. The van der Waals surface area contributed by atoms with Gasteiger partial charge < -0.3 is 14.6 Å². The maximum Gasteiger partial charge on any atom is 0.251 e. The van der Waals surface area contributed by atoms with E-state index in [-0.39, 0.29) is 5.91 Å². The maximum absolute atomic E-state index is 12.2. The second kappa shape index (κ2) is 12.7. The molecule has 35 heavy (non-hydrogen) atoms. The Morgan fingerprint density at radius 2 is 1.71 bits per heavy atom. The number of para-hydroxylation sites is 2. The number of benzene rings is 3. The third-order valence-electron chi connectivity index (χ3n) is 6.17. The highest BCUT2D eigenvalue weighted by Crippen LogP contribution is 2.19. The average molecular weight is 470 g/mol. The molecule has 0 aliphatic rings. The molecule has 0 aliphatic heterocycles. The summed E-state index contributed by atoms with van der Waals surface area (Å²) in [4.78, 5) is 17.1. The Morgan fingerprint density at radius 3 is 2.57 bits per heavy atom. The Hall–Kier alpha value is -3.60. The van der Waals surface area contributed by atoms with Crippen LogP contribution in [0.4, 0.5) is 0 Å². The van der Waals surface area contributed by atoms with Crippen LogP contribution in [-0.4, -0.2) is 28.6 Å². The lowest BCUT2D eigenvalue weighted by Gasteiger charge is -2.11. The van der Waals surface area contributed by atoms with Crippen LogP contribution in [-0.2, 0) is 13.0 Å². The second-order valence-electron chi connectivity index (χ2n) is 8.97. The number of fused-ring (bicyclic) bond motifs is 1. The Bertz CT molecular complexity index is 1220. The van der Waals surface area contributed by atoms with Crippen LogP contribution in [0.25, 0.3) is 11.0 Å². The summed E-state index contributed by atoms with van der Waals surface area (Å²) in [6.07, 6.45) is 6.07. The lowest BCUT2D eigenvalue weighted by atomic mass is 10.1. The molecule has 0 spiro atoms. The van der Waals surface area contributed by atoms with Crippen molar-refractivity contribution in [2.45, 2.75) is 52.0 Å². The van der Waals surface area contributed by atoms with Crippen molar-refractivity contribution in [3.05, 3.63) is 95.8 Å². The molecule has 0 saturated heterocycles. The molecule has 0 bridgehead atoms. The first-order chi connectivity index (χ1) is 17.2. The minimum Gasteiger partial charge on any atom is -0.494 e. The van der Waals surface area contributed by atoms with Gasteiger partial charge in [0, 0.05) is 25.1 Å². The van der Waals surface area contributed by atoms with E-state index in [9.17, 15) is 4.79 Å². The number of unbranched alkanes of at least 4 members (excludes halogenated alkanes) is 3. The van der Waals surface area contributed by atoms with Crippen LogP contribution < -0.4 is 10.1 Å². The number of nitrogens with one attached hydrogen (secondary N) is 1. The number of carbonyl (C=O) groups excluding carboxylic acids is 1. The van der Waals surface area contributed by atoms with Crippen LogP contribution in [0.2, 0.25) is 0 Å². The van der Waals surface area contributed by atoms with E-state index in [1.807, 2.05) is 42.5 Å². The number of aromatic nitrogens is 2. The van der Waals surface area contributed by atoms with E-state index in [0.717, 1.165) is 68.8 Å². The minimum atomic E-state index is -0.00114. The quantitative estimate of drug-likeness (QED) is 0.232. The number of aryl methyl sites for hydroxylation is 3. The van der Waals surface area contributed by atoms with E-state index in [1.54, 1.807) is 0 Å². The molecule has 4 rings (SSSR count). The monoisotopic (exact) mass is 469 g/mol. The summed E-state index contributed by atoms with van der Waals surface area (Å²) in [5.41, 5.74) is 4.20. The van der Waals surface area contributed by atoms with Crippen molar-refractivity contribution in [3.8, 4) is 5.75 Å². The summed E-state index contributed by atoms with van der Waals surface area (Å²) in [5.74, 6) is 2.09. The van der Waals surface area contributed by atoms with E-state index in [2.05, 4.69) is 53.2 Å². The van der Waals surface area contributed by atoms with Crippen LogP contribution in [0.5, 0.6) is 5.75 Å². The molecule has 1 aromatic heterocycles. The van der Waals surface area contributed by atoms with Gasteiger partial charge in [0.2, 0.25) is 0 Å². The zero-order chi connectivity index (χ0) is 24.3. The average Bonchev–Trinajstić information content (AvgIpc) is 3.23. The van der Waals surface area contributed by atoms with Gasteiger partial charge in [-0.25, -0.2) is 4.98 Å². The van der Waals surface area contributed by atoms with Gasteiger partial charge in [-0.2, -0.15) is 0 Å². The smallest absolute Gasteiger partial charge is 0.251 e. The predicted octanol–water partition coefficient (Wildman–Crippen LogP) is 6.35. The summed E-state index contributed by atoms with van der Waals surface area (Å²) in [7, 11) is 0. The molecule has 0 aliphatic carbocycles. The number of hydrogen-bond acceptors (Lipinski definition) is 3. The Labute approximate surface area is 208 Å². The zero-order valence-corrected chi connectivity index (χ0v) is 20.6. The number of rotatable bonds is 13. The molecule has 0 atom stereocenters. The fourth-order valence-corrected chi connectivity index (χ4v) is 4.31. The van der Waals surface area contributed by atoms with E-state index < -0.39 is 0 Å². The predicted molar refractivity (Wildman–Crippen MR) is 142 cm³/mol. The molecule has 182 valence electrons. The first kappa shape index (κ1) is 24.5. The molecule has 4 aromatic rings. The van der Waals surface area contributed by atoms with Gasteiger partial charge in [0.1, 0.15) is 11.6 Å². The SMILES string of the molecule is Cc1cccc(OCCCCn2c(CCCCCNC(=O)c3ccccc3)nc3ccccc32)c1. The fourth-order valence-electron chi connectivity index (χ4n) is 4.31. The van der Waals surface area contributed by atoms with Gasteiger partial charge in [0.05, 0.1) is 17.6 Å². The summed E-state index contributed by atoms with van der Waals surface area (Å²) in [5, 5.41) is 3.01. The van der Waals surface area contributed by atoms with Gasteiger partial charge in [-0.3, -0.25) is 4.79 Å². The van der Waals surface area contributed by atoms with Crippen LogP contribution in [0.1, 0.15) is 53.8 Å². The number of imidazole rings is 1. The number of carbonyl (C=O) groups is 1. The topological polar surface area (TPSA) is 56.1 Å². The molecule has 0 fully saturated rings. The van der Waals surface area contributed by atoms with Crippen LogP contribution >= 0.6 is 0 Å². The number of amides is 1. The molecule has 3 aromatic carbocycles. The molecule has 1 heterocycles. The Balaban J connectivity index is 1.22. The third kappa shape index (κ3) is 7.19. The summed E-state index contributed by atoms with van der Waals surface area (Å²) < 4.78 is 8.29. The summed E-state index contributed by atoms with van der Waals surface area (Å²) in [6.45, 7) is 4.45. The van der Waals surface area contributed by atoms with Gasteiger partial charge in [-0.05, 0) is 74.6 Å². The number of ether oxygens (including phenoxy) is 1. The molecule has 5 nitrogen and oxygen atoms in total. The highest BCUT2D eigenvalue weighted by molar-refractivity contribution is 5.94. The standard InChI is InChI=1S/C30H35N3O2/c1-24-13-12-16-26(23-24)35-22-11-10-21-33-28-18-8-7-17-27(28)32-29(33)19-6-3-9-20-31-30(34)25-14-4-2-5-15-25/h2,4-5,7-8,12-18,23H,3,6,9-11,19-22H2,1H3,(H,31,34). The Morgan fingerprint density at radius 1 is 0.886 bits per heavy atom. The summed E-state index contributed by atoms with van der Waals surface area (Å²) in [6, 6.07) is 26.0. The zero-order valence-electron chi connectivity index (χ0n) is 20.6. The Kier molecular flexibility index (Phi) is 8.93. The molecule has 1 amide bonds. The molecule has 0 saturated carbocycles. The van der Waals surface area contributed by atoms with E-state index in [0.29, 0.717) is 12.1 Å². The number of nitrogens with zero attached hydrogens (tertiary/aromatic N) is 2. The molecular weight excluding hydrogens is 434 g/mol. The highest BCUT2D eigenvalue weighted by atomic mass is 16.5. The molecule has 5 heteroatoms. The summed E-state index contributed by atoms with van der Waals surface area (Å²) >= 11 is 0. The first-order valence-electron chi connectivity index (χ1n) is 12.7. The highest BCUT2D eigenvalue weighted by Gasteiger charge is 2.10. The first-order valence-corrected chi connectivity index (χ1v) is 12.7. The maximum atomic E-state index is 12.2. The van der Waals surface area contributed by atoms with Crippen LogP contribution in [0.15, 0.2) is 78.9 Å².